The highest BCUT2D eigenvalue weighted by Gasteiger charge is 2.23. The lowest BCUT2D eigenvalue weighted by molar-refractivity contribution is -0.117. The predicted molar refractivity (Wildman–Crippen MR) is 125 cm³/mol. The van der Waals surface area contributed by atoms with Crippen LogP contribution in [0.1, 0.15) is 16.1 Å². The molecule has 0 saturated carbocycles. The molecule has 1 N–H and O–H groups in total. The first-order valence-corrected chi connectivity index (χ1v) is 11.6. The van der Waals surface area contributed by atoms with E-state index in [2.05, 4.69) is 10.3 Å². The summed E-state index contributed by atoms with van der Waals surface area (Å²) >= 11 is 7.62. The van der Waals surface area contributed by atoms with Gasteiger partial charge in [-0.15, -0.1) is 11.3 Å². The van der Waals surface area contributed by atoms with Crippen molar-refractivity contribution in [2.24, 2.45) is 0 Å². The number of piperazine rings is 1. The summed E-state index contributed by atoms with van der Waals surface area (Å²) in [6, 6.07) is 14.3. The molecule has 2 aromatic carbocycles. The summed E-state index contributed by atoms with van der Waals surface area (Å²) in [4.78, 5) is 33.2. The molecule has 166 valence electrons. The Labute approximate surface area is 195 Å². The van der Waals surface area contributed by atoms with Crippen LogP contribution in [0, 0.1) is 0 Å². The maximum atomic E-state index is 12.8. The summed E-state index contributed by atoms with van der Waals surface area (Å²) in [6.45, 7) is 3.08. The fourth-order valence-electron chi connectivity index (χ4n) is 3.41. The molecule has 32 heavy (non-hydrogen) atoms. The van der Waals surface area contributed by atoms with E-state index in [4.69, 9.17) is 16.3 Å². The van der Waals surface area contributed by atoms with Crippen molar-refractivity contribution in [3.05, 3.63) is 75.7 Å². The van der Waals surface area contributed by atoms with Gasteiger partial charge in [0.25, 0.3) is 5.91 Å². The monoisotopic (exact) mass is 470 g/mol. The Kier molecular flexibility index (Phi) is 7.36. The number of ether oxygens (including phenoxy) is 1. The smallest absolute Gasteiger partial charge is 0.253 e. The Morgan fingerprint density at radius 1 is 1.06 bits per heavy atom. The molecule has 1 aliphatic rings. The number of carbonyl (C=O) groups is 2. The first-order valence-electron chi connectivity index (χ1n) is 10.2. The van der Waals surface area contributed by atoms with E-state index in [1.807, 2.05) is 27.3 Å². The molecule has 2 heterocycles. The average molecular weight is 471 g/mol. The maximum absolute atomic E-state index is 12.8. The molecule has 0 unspecified atom stereocenters. The fourth-order valence-corrected chi connectivity index (χ4v) is 4.13. The van der Waals surface area contributed by atoms with Crippen LogP contribution in [0.3, 0.4) is 0 Å². The van der Waals surface area contributed by atoms with Gasteiger partial charge in [0.05, 0.1) is 28.5 Å². The number of hydrogen-bond donors (Lipinski definition) is 1. The standard InChI is InChI=1S/C23H23ClN4O3S/c24-20-3-1-2-4-21(20)26-22(29)13-27-9-11-28(12-10-27)23(30)17-5-7-19(8-6-17)31-14-18-15-32-16-25-18/h1-8,15-16H,9-14H2,(H,26,29). The normalized spacial score (nSPS) is 14.2. The minimum Gasteiger partial charge on any atom is -0.487 e. The van der Waals surface area contributed by atoms with Crippen molar-refractivity contribution < 1.29 is 14.3 Å². The van der Waals surface area contributed by atoms with Gasteiger partial charge in [-0.05, 0) is 36.4 Å². The fraction of sp³-hybridized carbons (Fsp3) is 0.261. The SMILES string of the molecule is O=C(CN1CCN(C(=O)c2ccc(OCc3cscn3)cc2)CC1)Nc1ccccc1Cl. The lowest BCUT2D eigenvalue weighted by Crippen LogP contribution is -2.50. The summed E-state index contributed by atoms with van der Waals surface area (Å²) < 4.78 is 5.70. The molecule has 1 aliphatic heterocycles. The van der Waals surface area contributed by atoms with Crippen LogP contribution in [0.25, 0.3) is 0 Å². The number of hydrogen-bond acceptors (Lipinski definition) is 6. The van der Waals surface area contributed by atoms with Crippen molar-refractivity contribution in [1.82, 2.24) is 14.8 Å². The molecule has 0 bridgehead atoms. The van der Waals surface area contributed by atoms with Gasteiger partial charge in [-0.25, -0.2) is 4.98 Å². The van der Waals surface area contributed by atoms with Crippen molar-refractivity contribution in [2.45, 2.75) is 6.61 Å². The highest BCUT2D eigenvalue weighted by Crippen LogP contribution is 2.20. The summed E-state index contributed by atoms with van der Waals surface area (Å²) in [6.07, 6.45) is 0. The van der Waals surface area contributed by atoms with Crippen LogP contribution in [0.5, 0.6) is 5.75 Å². The quantitative estimate of drug-likeness (QED) is 0.569. The highest BCUT2D eigenvalue weighted by atomic mass is 35.5. The minimum atomic E-state index is -0.119. The zero-order valence-corrected chi connectivity index (χ0v) is 18.9. The van der Waals surface area contributed by atoms with E-state index in [-0.39, 0.29) is 18.4 Å². The lowest BCUT2D eigenvalue weighted by Gasteiger charge is -2.34. The third kappa shape index (κ3) is 5.85. The van der Waals surface area contributed by atoms with E-state index in [0.717, 1.165) is 5.69 Å². The molecule has 0 atom stereocenters. The van der Waals surface area contributed by atoms with E-state index >= 15 is 0 Å². The van der Waals surface area contributed by atoms with Gasteiger partial charge in [-0.1, -0.05) is 23.7 Å². The highest BCUT2D eigenvalue weighted by molar-refractivity contribution is 7.07. The number of para-hydroxylation sites is 1. The molecule has 1 saturated heterocycles. The number of anilines is 1. The van der Waals surface area contributed by atoms with Crippen molar-refractivity contribution in [3.63, 3.8) is 0 Å². The van der Waals surface area contributed by atoms with Gasteiger partial charge < -0.3 is 15.0 Å². The number of rotatable bonds is 7. The molecule has 1 fully saturated rings. The van der Waals surface area contributed by atoms with Gasteiger partial charge in [0.1, 0.15) is 12.4 Å². The third-order valence-electron chi connectivity index (χ3n) is 5.15. The van der Waals surface area contributed by atoms with Crippen LogP contribution < -0.4 is 10.1 Å². The summed E-state index contributed by atoms with van der Waals surface area (Å²) in [5.41, 5.74) is 3.88. The number of halogens is 1. The topological polar surface area (TPSA) is 74.8 Å². The second kappa shape index (κ2) is 10.6. The van der Waals surface area contributed by atoms with Gasteiger partial charge in [0, 0.05) is 37.1 Å². The predicted octanol–water partition coefficient (Wildman–Crippen LogP) is 3.77. The van der Waals surface area contributed by atoms with E-state index in [1.165, 1.54) is 11.3 Å². The van der Waals surface area contributed by atoms with Crippen LogP contribution in [-0.2, 0) is 11.4 Å². The molecule has 4 rings (SSSR count). The lowest BCUT2D eigenvalue weighted by atomic mass is 10.1. The first kappa shape index (κ1) is 22.3. The van der Waals surface area contributed by atoms with E-state index in [1.54, 1.807) is 41.9 Å². The molecule has 3 aromatic rings. The summed E-state index contributed by atoms with van der Waals surface area (Å²) in [5, 5.41) is 5.29. The van der Waals surface area contributed by atoms with E-state index in [0.29, 0.717) is 54.8 Å². The van der Waals surface area contributed by atoms with Crippen LogP contribution >= 0.6 is 22.9 Å². The number of benzene rings is 2. The van der Waals surface area contributed by atoms with Gasteiger partial charge in [0.15, 0.2) is 0 Å². The van der Waals surface area contributed by atoms with Crippen molar-refractivity contribution in [3.8, 4) is 5.75 Å². The Bertz CT molecular complexity index is 1050. The van der Waals surface area contributed by atoms with Crippen molar-refractivity contribution in [1.29, 1.82) is 0 Å². The largest absolute Gasteiger partial charge is 0.487 e. The Morgan fingerprint density at radius 3 is 2.50 bits per heavy atom. The molecular formula is C23H23ClN4O3S. The average Bonchev–Trinajstić information content (AvgIpc) is 3.33. The van der Waals surface area contributed by atoms with Crippen LogP contribution in [0.15, 0.2) is 59.4 Å². The minimum absolute atomic E-state index is 0.0174. The summed E-state index contributed by atoms with van der Waals surface area (Å²) in [7, 11) is 0. The zero-order valence-electron chi connectivity index (χ0n) is 17.4. The molecule has 9 heteroatoms. The Balaban J connectivity index is 1.23. The molecular weight excluding hydrogens is 448 g/mol. The Morgan fingerprint density at radius 2 is 1.81 bits per heavy atom. The number of nitrogens with one attached hydrogen (secondary N) is 1. The van der Waals surface area contributed by atoms with Crippen LogP contribution in [0.2, 0.25) is 5.02 Å². The second-order valence-corrected chi connectivity index (χ2v) is 8.52. The Hall–Kier alpha value is -2.94. The van der Waals surface area contributed by atoms with Gasteiger partial charge >= 0.3 is 0 Å². The van der Waals surface area contributed by atoms with Crippen molar-refractivity contribution >= 4 is 40.4 Å². The number of aromatic nitrogens is 1. The second-order valence-electron chi connectivity index (χ2n) is 7.39. The molecule has 0 aliphatic carbocycles. The molecule has 0 spiro atoms. The van der Waals surface area contributed by atoms with Gasteiger partial charge in [-0.2, -0.15) is 0 Å². The molecule has 7 nitrogen and oxygen atoms in total. The number of carbonyl (C=O) groups excluding carboxylic acids is 2. The number of nitrogens with zero attached hydrogens (tertiary/aromatic N) is 3. The third-order valence-corrected chi connectivity index (χ3v) is 6.11. The molecule has 1 aromatic heterocycles. The maximum Gasteiger partial charge on any atom is 0.253 e. The van der Waals surface area contributed by atoms with Crippen LogP contribution in [0.4, 0.5) is 5.69 Å². The number of thiazole rings is 1. The van der Waals surface area contributed by atoms with E-state index < -0.39 is 0 Å². The van der Waals surface area contributed by atoms with Gasteiger partial charge in [-0.3, -0.25) is 14.5 Å². The van der Waals surface area contributed by atoms with Crippen LogP contribution in [-0.4, -0.2) is 59.3 Å². The summed E-state index contributed by atoms with van der Waals surface area (Å²) in [5.74, 6) is 0.561. The van der Waals surface area contributed by atoms with Crippen molar-refractivity contribution in [2.75, 3.05) is 38.0 Å². The molecule has 0 radical (unpaired) electrons. The van der Waals surface area contributed by atoms with Gasteiger partial charge in [0.2, 0.25) is 5.91 Å². The van der Waals surface area contributed by atoms with E-state index in [9.17, 15) is 9.59 Å². The zero-order chi connectivity index (χ0) is 22.3. The molecule has 2 amide bonds. The number of amides is 2. The first-order chi connectivity index (χ1) is 15.6.